The molecule has 59 valence electrons. The Morgan fingerprint density at radius 1 is 1.30 bits per heavy atom. The molecule has 0 atom stereocenters. The third-order valence-corrected chi connectivity index (χ3v) is 2.25. The van der Waals surface area contributed by atoms with Gasteiger partial charge < -0.3 is 4.74 Å². The van der Waals surface area contributed by atoms with E-state index in [0.29, 0.717) is 0 Å². The maximum atomic E-state index is 4.99. The number of hydrogen-bond donors (Lipinski definition) is 0. The molecule has 1 nitrogen and oxygen atoms in total. The van der Waals surface area contributed by atoms with Gasteiger partial charge in [0.2, 0.25) is 0 Å². The fraction of sp³-hybridized carbons (Fsp3) is 0.889. The van der Waals surface area contributed by atoms with Gasteiger partial charge in [-0.3, -0.25) is 0 Å². The van der Waals surface area contributed by atoms with Crippen molar-refractivity contribution < 1.29 is 4.74 Å². The van der Waals surface area contributed by atoms with E-state index in [4.69, 9.17) is 4.74 Å². The fourth-order valence-electron chi connectivity index (χ4n) is 1.60. The van der Waals surface area contributed by atoms with Gasteiger partial charge >= 0.3 is 0 Å². The van der Waals surface area contributed by atoms with E-state index in [1.807, 2.05) is 0 Å². The Hall–Kier alpha value is -0.0400. The van der Waals surface area contributed by atoms with Gasteiger partial charge in [0, 0.05) is 13.7 Å². The molecule has 0 heterocycles. The first-order valence-electron chi connectivity index (χ1n) is 4.26. The molecule has 1 aliphatic rings. The maximum Gasteiger partial charge on any atom is 0.0496 e. The molecule has 0 spiro atoms. The molecule has 1 saturated carbocycles. The summed E-state index contributed by atoms with van der Waals surface area (Å²) in [6.45, 7) is 0.838. The van der Waals surface area contributed by atoms with E-state index in [1.54, 1.807) is 7.11 Å². The zero-order valence-electron chi connectivity index (χ0n) is 6.81. The van der Waals surface area contributed by atoms with Gasteiger partial charge in [-0.05, 0) is 12.3 Å². The quantitative estimate of drug-likeness (QED) is 0.586. The monoisotopic (exact) mass is 141 g/mol. The van der Waals surface area contributed by atoms with Crippen LogP contribution in [-0.2, 0) is 4.74 Å². The van der Waals surface area contributed by atoms with Crippen molar-refractivity contribution in [3.05, 3.63) is 6.42 Å². The second kappa shape index (κ2) is 4.73. The van der Waals surface area contributed by atoms with E-state index in [0.717, 1.165) is 12.5 Å². The lowest BCUT2D eigenvalue weighted by Gasteiger charge is -2.20. The molecule has 0 aliphatic heterocycles. The van der Waals surface area contributed by atoms with Gasteiger partial charge in [-0.1, -0.05) is 32.1 Å². The molecule has 1 heteroatoms. The van der Waals surface area contributed by atoms with Crippen molar-refractivity contribution in [3.63, 3.8) is 0 Å². The van der Waals surface area contributed by atoms with Crippen molar-refractivity contribution in [2.75, 3.05) is 13.7 Å². The Bertz CT molecular complexity index is 74.8. The van der Waals surface area contributed by atoms with Crippen molar-refractivity contribution in [1.29, 1.82) is 0 Å². The molecule has 0 aromatic carbocycles. The van der Waals surface area contributed by atoms with Crippen LogP contribution in [0.4, 0.5) is 0 Å². The van der Waals surface area contributed by atoms with Crippen molar-refractivity contribution in [3.8, 4) is 0 Å². The van der Waals surface area contributed by atoms with Crippen LogP contribution in [0.25, 0.3) is 0 Å². The Morgan fingerprint density at radius 3 is 2.60 bits per heavy atom. The molecule has 0 amide bonds. The van der Waals surface area contributed by atoms with E-state index < -0.39 is 0 Å². The molecule has 0 bridgehead atoms. The minimum absolute atomic E-state index is 0.838. The number of hydrogen-bond acceptors (Lipinski definition) is 1. The first-order valence-corrected chi connectivity index (χ1v) is 4.26. The molecular weight excluding hydrogens is 124 g/mol. The summed E-state index contributed by atoms with van der Waals surface area (Å²) in [5.41, 5.74) is 0. The van der Waals surface area contributed by atoms with Gasteiger partial charge in [0.1, 0.15) is 0 Å². The standard InChI is InChI=1S/C9H17O/c1-10-8-7-9-5-3-2-4-6-9/h7,9H,2-6,8H2,1H3. The lowest BCUT2D eigenvalue weighted by molar-refractivity contribution is 0.206. The number of ether oxygens (including phenoxy) is 1. The van der Waals surface area contributed by atoms with E-state index in [2.05, 4.69) is 6.42 Å². The highest BCUT2D eigenvalue weighted by Crippen LogP contribution is 2.25. The Kier molecular flexibility index (Phi) is 3.81. The number of rotatable bonds is 3. The van der Waals surface area contributed by atoms with Crippen LogP contribution in [0, 0.1) is 12.3 Å². The summed E-state index contributed by atoms with van der Waals surface area (Å²) in [6, 6.07) is 0. The van der Waals surface area contributed by atoms with Crippen LogP contribution in [0.15, 0.2) is 0 Å². The van der Waals surface area contributed by atoms with E-state index in [-0.39, 0.29) is 0 Å². The summed E-state index contributed by atoms with van der Waals surface area (Å²) < 4.78 is 4.99. The fourth-order valence-corrected chi connectivity index (χ4v) is 1.60. The molecule has 1 fully saturated rings. The molecule has 0 aromatic rings. The third kappa shape index (κ3) is 2.70. The predicted octanol–water partition coefficient (Wildman–Crippen LogP) is 2.42. The van der Waals surface area contributed by atoms with Gasteiger partial charge in [0.15, 0.2) is 0 Å². The molecule has 0 aromatic heterocycles. The first kappa shape index (κ1) is 8.06. The van der Waals surface area contributed by atoms with Crippen molar-refractivity contribution in [2.45, 2.75) is 32.1 Å². The van der Waals surface area contributed by atoms with Gasteiger partial charge in [-0.25, -0.2) is 0 Å². The van der Waals surface area contributed by atoms with E-state index >= 15 is 0 Å². The summed E-state index contributed by atoms with van der Waals surface area (Å²) in [6.07, 6.45) is 9.39. The van der Waals surface area contributed by atoms with Gasteiger partial charge in [0.25, 0.3) is 0 Å². The minimum atomic E-state index is 0.838. The summed E-state index contributed by atoms with van der Waals surface area (Å²) in [5, 5.41) is 0. The summed E-state index contributed by atoms with van der Waals surface area (Å²) in [5.74, 6) is 0.855. The lowest BCUT2D eigenvalue weighted by Crippen LogP contribution is -2.09. The zero-order chi connectivity index (χ0) is 7.23. The van der Waals surface area contributed by atoms with Crippen LogP contribution in [-0.4, -0.2) is 13.7 Å². The third-order valence-electron chi connectivity index (χ3n) is 2.25. The minimum Gasteiger partial charge on any atom is -0.384 e. The molecule has 1 aliphatic carbocycles. The van der Waals surface area contributed by atoms with Crippen LogP contribution >= 0.6 is 0 Å². The summed E-state index contributed by atoms with van der Waals surface area (Å²) in [4.78, 5) is 0. The second-order valence-corrected chi connectivity index (χ2v) is 3.09. The Labute approximate surface area is 63.8 Å². The second-order valence-electron chi connectivity index (χ2n) is 3.09. The van der Waals surface area contributed by atoms with Gasteiger partial charge in [-0.15, -0.1) is 0 Å². The van der Waals surface area contributed by atoms with E-state index in [9.17, 15) is 0 Å². The van der Waals surface area contributed by atoms with Crippen LogP contribution in [0.2, 0.25) is 0 Å². The summed E-state index contributed by atoms with van der Waals surface area (Å²) >= 11 is 0. The SMILES string of the molecule is COC[CH]C1CCCCC1. The average Bonchev–Trinajstić information content (AvgIpc) is 2.03. The average molecular weight is 141 g/mol. The molecule has 1 rings (SSSR count). The smallest absolute Gasteiger partial charge is 0.0496 e. The largest absolute Gasteiger partial charge is 0.384 e. The maximum absolute atomic E-state index is 4.99. The zero-order valence-corrected chi connectivity index (χ0v) is 6.81. The highest BCUT2D eigenvalue weighted by molar-refractivity contribution is 4.78. The van der Waals surface area contributed by atoms with Crippen LogP contribution < -0.4 is 0 Å². The van der Waals surface area contributed by atoms with Gasteiger partial charge in [0.05, 0.1) is 0 Å². The first-order chi connectivity index (χ1) is 4.93. The lowest BCUT2D eigenvalue weighted by atomic mass is 9.87. The van der Waals surface area contributed by atoms with Crippen LogP contribution in [0.5, 0.6) is 0 Å². The molecule has 0 N–H and O–H groups in total. The normalized spacial score (nSPS) is 21.3. The van der Waals surface area contributed by atoms with Crippen LogP contribution in [0.3, 0.4) is 0 Å². The molecule has 0 saturated heterocycles. The highest BCUT2D eigenvalue weighted by atomic mass is 16.5. The molecule has 0 unspecified atom stereocenters. The Morgan fingerprint density at radius 2 is 2.00 bits per heavy atom. The van der Waals surface area contributed by atoms with E-state index in [1.165, 1.54) is 32.1 Å². The topological polar surface area (TPSA) is 9.23 Å². The Balaban J connectivity index is 2.02. The van der Waals surface area contributed by atoms with Gasteiger partial charge in [-0.2, -0.15) is 0 Å². The number of methoxy groups -OCH3 is 1. The molecular formula is C9H17O. The van der Waals surface area contributed by atoms with Crippen molar-refractivity contribution in [2.24, 2.45) is 5.92 Å². The van der Waals surface area contributed by atoms with Crippen LogP contribution in [0.1, 0.15) is 32.1 Å². The molecule has 10 heavy (non-hydrogen) atoms. The molecule has 1 radical (unpaired) electrons. The predicted molar refractivity (Wildman–Crippen MR) is 42.8 cm³/mol. The van der Waals surface area contributed by atoms with Crippen molar-refractivity contribution in [1.82, 2.24) is 0 Å². The highest BCUT2D eigenvalue weighted by Gasteiger charge is 2.12. The van der Waals surface area contributed by atoms with Crippen molar-refractivity contribution >= 4 is 0 Å². The summed E-state index contributed by atoms with van der Waals surface area (Å²) in [7, 11) is 1.76.